The van der Waals surface area contributed by atoms with Gasteiger partial charge in [-0.2, -0.15) is 0 Å². The fraction of sp³-hybridized carbons (Fsp3) is 0.826. The monoisotopic (exact) mass is 473 g/mol. The molecule has 4 atom stereocenters. The van der Waals surface area contributed by atoms with Gasteiger partial charge in [-0.25, -0.2) is 9.63 Å². The molecule has 1 aliphatic rings. The number of hydrogen-bond donors (Lipinski definition) is 2. The topological polar surface area (TPSA) is 105 Å². The first-order chi connectivity index (χ1) is 15.0. The Balaban J connectivity index is 2.92. The van der Waals surface area contributed by atoms with Gasteiger partial charge >= 0.3 is 5.97 Å². The number of likely N-dealkylation sites (tertiary alicyclic amines) is 1. The molecule has 1 unspecified atom stereocenters. The number of carbonyl (C=O) groups excluding carboxylic acids is 4. The molecular weight excluding hydrogens is 434 g/mol. The highest BCUT2D eigenvalue weighted by Crippen LogP contribution is 2.22. The third-order valence-electron chi connectivity index (χ3n) is 5.78. The van der Waals surface area contributed by atoms with E-state index in [0.717, 1.165) is 12.8 Å². The highest BCUT2D eigenvalue weighted by atomic mass is 35.5. The van der Waals surface area contributed by atoms with E-state index in [4.69, 9.17) is 16.5 Å². The van der Waals surface area contributed by atoms with Crippen LogP contribution in [-0.4, -0.2) is 59.7 Å². The van der Waals surface area contributed by atoms with Crippen molar-refractivity contribution >= 4 is 35.3 Å². The first kappa shape index (κ1) is 28.4. The van der Waals surface area contributed by atoms with E-state index in [9.17, 15) is 19.2 Å². The summed E-state index contributed by atoms with van der Waals surface area (Å²) in [6.07, 6.45) is 3.34. The van der Waals surface area contributed by atoms with Crippen LogP contribution in [-0.2, 0) is 23.9 Å². The Hall–Kier alpha value is -1.67. The van der Waals surface area contributed by atoms with Gasteiger partial charge in [0.05, 0.1) is 18.6 Å². The molecule has 0 aliphatic carbocycles. The number of amides is 2. The summed E-state index contributed by atoms with van der Waals surface area (Å²) >= 11 is 5.70. The molecule has 184 valence electrons. The third-order valence-corrected chi connectivity index (χ3v) is 6.02. The molecule has 9 heteroatoms. The summed E-state index contributed by atoms with van der Waals surface area (Å²) in [6, 6.07) is -2.11. The Morgan fingerprint density at radius 1 is 1.12 bits per heavy atom. The average molecular weight is 474 g/mol. The fourth-order valence-corrected chi connectivity index (χ4v) is 4.14. The highest BCUT2D eigenvalue weighted by molar-refractivity contribution is 6.16. The molecule has 2 N–H and O–H groups in total. The summed E-state index contributed by atoms with van der Waals surface area (Å²) in [5.41, 5.74) is 0. The molecule has 1 fully saturated rings. The summed E-state index contributed by atoms with van der Waals surface area (Å²) in [5.74, 6) is -2.49. The molecule has 0 aromatic heterocycles. The summed E-state index contributed by atoms with van der Waals surface area (Å²) in [4.78, 5) is 55.4. The largest absolute Gasteiger partial charge is 0.464 e. The van der Waals surface area contributed by atoms with E-state index in [-0.39, 0.29) is 23.5 Å². The number of hydrogen-bond acceptors (Lipinski definition) is 6. The fourth-order valence-electron chi connectivity index (χ4n) is 3.79. The lowest BCUT2D eigenvalue weighted by Crippen LogP contribution is -2.54. The molecule has 0 radical (unpaired) electrons. The van der Waals surface area contributed by atoms with E-state index in [2.05, 4.69) is 10.2 Å². The number of ether oxygens (including phenoxy) is 1. The molecule has 0 spiro atoms. The number of esters is 1. The van der Waals surface area contributed by atoms with Crippen molar-refractivity contribution < 1.29 is 23.9 Å². The molecule has 0 aromatic rings. The van der Waals surface area contributed by atoms with Crippen LogP contribution in [0.25, 0.3) is 0 Å². The van der Waals surface area contributed by atoms with Gasteiger partial charge < -0.3 is 15.0 Å². The van der Waals surface area contributed by atoms with Gasteiger partial charge in [-0.15, -0.1) is 0 Å². The Kier molecular flexibility index (Phi) is 12.2. The molecule has 1 aliphatic heterocycles. The molecular formula is C23H40ClN3O5. The quantitative estimate of drug-likeness (QED) is 0.184. The number of rotatable bonds is 13. The van der Waals surface area contributed by atoms with Crippen LogP contribution in [0.3, 0.4) is 0 Å². The van der Waals surface area contributed by atoms with E-state index in [1.165, 1.54) is 11.8 Å². The van der Waals surface area contributed by atoms with Crippen LogP contribution < -0.4 is 10.2 Å². The zero-order chi connectivity index (χ0) is 24.4. The minimum atomic E-state index is -0.968. The third kappa shape index (κ3) is 8.03. The van der Waals surface area contributed by atoms with Crippen molar-refractivity contribution in [3.63, 3.8) is 0 Å². The smallest absolute Gasteiger partial charge is 0.328 e. The van der Waals surface area contributed by atoms with Crippen LogP contribution in [0.1, 0.15) is 73.6 Å². The first-order valence-corrected chi connectivity index (χ1v) is 12.1. The van der Waals surface area contributed by atoms with Gasteiger partial charge in [0.25, 0.3) is 0 Å². The minimum absolute atomic E-state index is 0.0904. The second-order valence-electron chi connectivity index (χ2n) is 9.36. The first-order valence-electron chi connectivity index (χ1n) is 11.7. The maximum absolute atomic E-state index is 13.3. The summed E-state index contributed by atoms with van der Waals surface area (Å²) in [6.45, 7) is 11.9. The molecule has 0 aromatic carbocycles. The van der Waals surface area contributed by atoms with E-state index in [0.29, 0.717) is 32.4 Å². The number of halogens is 1. The number of ketones is 1. The van der Waals surface area contributed by atoms with Gasteiger partial charge in [0.15, 0.2) is 5.78 Å². The Bertz CT molecular complexity index is 656. The van der Waals surface area contributed by atoms with Gasteiger partial charge in [-0.3, -0.25) is 14.4 Å². The molecule has 8 nitrogen and oxygen atoms in total. The van der Waals surface area contributed by atoms with E-state index in [1.807, 2.05) is 34.6 Å². The van der Waals surface area contributed by atoms with Gasteiger partial charge in [0.2, 0.25) is 11.8 Å². The van der Waals surface area contributed by atoms with E-state index in [1.54, 1.807) is 0 Å². The standard InChI is InChI=1S/C23H40ClN3O5/c1-7-8-12-32-23(31)18-10-9-11-27(18)22(30)17(13-14(2)3)25-21(29)16(6)20(28)19(26-24)15(4)5/h14-19,26H,7-13H2,1-6H3,(H,25,29)/t16?,17-,18-,19-/m0/s1. The zero-order valence-corrected chi connectivity index (χ0v) is 21.0. The Morgan fingerprint density at radius 2 is 1.78 bits per heavy atom. The second kappa shape index (κ2) is 13.8. The van der Waals surface area contributed by atoms with Crippen LogP contribution in [0.4, 0.5) is 0 Å². The molecule has 1 rings (SSSR count). The van der Waals surface area contributed by atoms with Crippen molar-refractivity contribution in [3.8, 4) is 0 Å². The van der Waals surface area contributed by atoms with Crippen molar-refractivity contribution in [2.45, 2.75) is 91.8 Å². The number of nitrogens with zero attached hydrogens (tertiary/aromatic N) is 1. The van der Waals surface area contributed by atoms with Crippen LogP contribution in [0.2, 0.25) is 0 Å². The number of unbranched alkanes of at least 4 members (excludes halogenated alkanes) is 1. The van der Waals surface area contributed by atoms with Crippen molar-refractivity contribution in [2.24, 2.45) is 17.8 Å². The molecule has 2 amide bonds. The summed E-state index contributed by atoms with van der Waals surface area (Å²) < 4.78 is 5.34. The molecule has 0 saturated carbocycles. The molecule has 32 heavy (non-hydrogen) atoms. The lowest BCUT2D eigenvalue weighted by atomic mass is 9.91. The normalized spacial score (nSPS) is 19.0. The van der Waals surface area contributed by atoms with Gasteiger partial charge in [0.1, 0.15) is 12.1 Å². The maximum atomic E-state index is 13.3. The Labute approximate surface area is 197 Å². The number of Topliss-reactive ketones (excluding diaryl/α,β-unsaturated/α-hetero) is 1. The van der Waals surface area contributed by atoms with Crippen LogP contribution in [0, 0.1) is 17.8 Å². The second-order valence-corrected chi connectivity index (χ2v) is 9.57. The summed E-state index contributed by atoms with van der Waals surface area (Å²) in [5, 5.41) is 2.76. The minimum Gasteiger partial charge on any atom is -0.464 e. The van der Waals surface area contributed by atoms with Gasteiger partial charge in [0, 0.05) is 6.54 Å². The maximum Gasteiger partial charge on any atom is 0.328 e. The van der Waals surface area contributed by atoms with Crippen LogP contribution in [0.5, 0.6) is 0 Å². The molecule has 1 saturated heterocycles. The number of carbonyl (C=O) groups is 4. The summed E-state index contributed by atoms with van der Waals surface area (Å²) in [7, 11) is 0. The lowest BCUT2D eigenvalue weighted by molar-refractivity contribution is -0.154. The van der Waals surface area contributed by atoms with E-state index >= 15 is 0 Å². The van der Waals surface area contributed by atoms with Crippen molar-refractivity contribution in [2.75, 3.05) is 13.2 Å². The van der Waals surface area contributed by atoms with Crippen LogP contribution in [0.15, 0.2) is 0 Å². The van der Waals surface area contributed by atoms with Crippen molar-refractivity contribution in [1.82, 2.24) is 15.1 Å². The van der Waals surface area contributed by atoms with Gasteiger partial charge in [-0.1, -0.05) is 41.0 Å². The van der Waals surface area contributed by atoms with Crippen molar-refractivity contribution in [1.29, 1.82) is 0 Å². The highest BCUT2D eigenvalue weighted by Gasteiger charge is 2.39. The Morgan fingerprint density at radius 3 is 2.31 bits per heavy atom. The van der Waals surface area contributed by atoms with Crippen LogP contribution >= 0.6 is 11.8 Å². The van der Waals surface area contributed by atoms with Gasteiger partial charge in [-0.05, 0) is 56.2 Å². The lowest BCUT2D eigenvalue weighted by Gasteiger charge is -2.30. The zero-order valence-electron chi connectivity index (χ0n) is 20.3. The molecule has 0 bridgehead atoms. The predicted molar refractivity (Wildman–Crippen MR) is 124 cm³/mol. The average Bonchev–Trinajstić information content (AvgIpc) is 3.22. The molecule has 1 heterocycles. The van der Waals surface area contributed by atoms with E-state index < -0.39 is 35.9 Å². The predicted octanol–water partition coefficient (Wildman–Crippen LogP) is 2.82. The van der Waals surface area contributed by atoms with Crippen molar-refractivity contribution in [3.05, 3.63) is 0 Å². The number of nitrogens with one attached hydrogen (secondary N) is 2. The SMILES string of the molecule is CCCCOC(=O)[C@@H]1CCCN1C(=O)[C@H](CC(C)C)NC(=O)C(C)C(=O)[C@@H](NCl)C(C)C.